The first kappa shape index (κ1) is 14.6. The number of primary sulfonamides is 1. The van der Waals surface area contributed by atoms with Gasteiger partial charge >= 0.3 is 5.97 Å². The smallest absolute Gasteiger partial charge is 0.302 e. The van der Waals surface area contributed by atoms with Crippen LogP contribution in [0.2, 0.25) is 0 Å². The average Bonchev–Trinajstić information content (AvgIpc) is 2.27. The molecule has 1 aromatic rings. The van der Waals surface area contributed by atoms with E-state index in [2.05, 4.69) is 5.32 Å². The van der Waals surface area contributed by atoms with E-state index in [0.29, 0.717) is 13.1 Å². The molecular formula is C11H16N2O4S. The third-order valence-corrected chi connectivity index (χ3v) is 3.05. The van der Waals surface area contributed by atoms with Gasteiger partial charge in [-0.25, -0.2) is 13.6 Å². The number of nitrogens with two attached hydrogens (primary N) is 1. The van der Waals surface area contributed by atoms with E-state index in [-0.39, 0.29) is 17.5 Å². The number of hydrogen-bond donors (Lipinski definition) is 2. The van der Waals surface area contributed by atoms with Gasteiger partial charge in [-0.05, 0) is 17.7 Å². The van der Waals surface area contributed by atoms with Crippen LogP contribution in [0.1, 0.15) is 12.5 Å². The third-order valence-electron chi connectivity index (χ3n) is 2.14. The Labute approximate surface area is 106 Å². The lowest BCUT2D eigenvalue weighted by Gasteiger charge is -2.06. The fraction of sp³-hybridized carbons (Fsp3) is 0.364. The van der Waals surface area contributed by atoms with E-state index >= 15 is 0 Å². The summed E-state index contributed by atoms with van der Waals surface area (Å²) in [6.45, 7) is 2.60. The molecule has 0 aromatic heterocycles. The van der Waals surface area contributed by atoms with Crippen molar-refractivity contribution in [3.8, 4) is 0 Å². The van der Waals surface area contributed by atoms with Gasteiger partial charge < -0.3 is 10.1 Å². The molecule has 0 amide bonds. The highest BCUT2D eigenvalue weighted by atomic mass is 32.2. The fourth-order valence-electron chi connectivity index (χ4n) is 1.33. The van der Waals surface area contributed by atoms with Crippen LogP contribution in [0.15, 0.2) is 29.2 Å². The maximum absolute atomic E-state index is 11.1. The second-order valence-electron chi connectivity index (χ2n) is 3.71. The van der Waals surface area contributed by atoms with Gasteiger partial charge in [0, 0.05) is 20.0 Å². The number of rotatable bonds is 6. The molecule has 1 aromatic carbocycles. The standard InChI is InChI=1S/C11H16N2O4S/c1-9(14)17-6-5-13-8-10-3-2-4-11(7-10)18(12,15)16/h2-4,7,13H,5-6,8H2,1H3,(H2,12,15,16). The molecule has 100 valence electrons. The average molecular weight is 272 g/mol. The topological polar surface area (TPSA) is 98.5 Å². The lowest BCUT2D eigenvalue weighted by molar-refractivity contribution is -0.140. The van der Waals surface area contributed by atoms with E-state index in [4.69, 9.17) is 9.88 Å². The van der Waals surface area contributed by atoms with Crippen LogP contribution in [0.3, 0.4) is 0 Å². The first-order chi connectivity index (χ1) is 8.39. The zero-order valence-corrected chi connectivity index (χ0v) is 10.9. The van der Waals surface area contributed by atoms with Crippen molar-refractivity contribution in [2.24, 2.45) is 5.14 Å². The van der Waals surface area contributed by atoms with Crippen LogP contribution >= 0.6 is 0 Å². The number of carbonyl (C=O) groups excluding carboxylic acids is 1. The van der Waals surface area contributed by atoms with Gasteiger partial charge in [0.2, 0.25) is 10.0 Å². The Bertz CT molecular complexity index is 514. The summed E-state index contributed by atoms with van der Waals surface area (Å²) in [7, 11) is -3.67. The molecule has 0 unspecified atom stereocenters. The Morgan fingerprint density at radius 2 is 2.17 bits per heavy atom. The lowest BCUT2D eigenvalue weighted by Crippen LogP contribution is -2.20. The monoisotopic (exact) mass is 272 g/mol. The second kappa shape index (κ2) is 6.48. The van der Waals surface area contributed by atoms with E-state index < -0.39 is 10.0 Å². The Balaban J connectivity index is 2.46. The summed E-state index contributed by atoms with van der Waals surface area (Å²) in [5.41, 5.74) is 0.796. The molecule has 0 aliphatic carbocycles. The predicted octanol–water partition coefficient (Wildman–Crippen LogP) is -0.0133. The van der Waals surface area contributed by atoms with Crippen molar-refractivity contribution < 1.29 is 17.9 Å². The molecular weight excluding hydrogens is 256 g/mol. The SMILES string of the molecule is CC(=O)OCCNCc1cccc(S(N)(=O)=O)c1. The zero-order chi connectivity index (χ0) is 13.6. The van der Waals surface area contributed by atoms with Gasteiger partial charge in [-0.2, -0.15) is 0 Å². The number of nitrogens with one attached hydrogen (secondary N) is 1. The van der Waals surface area contributed by atoms with Crippen molar-refractivity contribution in [1.29, 1.82) is 0 Å². The summed E-state index contributed by atoms with van der Waals surface area (Å²) < 4.78 is 27.0. The number of ether oxygens (including phenoxy) is 1. The van der Waals surface area contributed by atoms with Crippen LogP contribution < -0.4 is 10.5 Å². The van der Waals surface area contributed by atoms with Crippen LogP contribution in [-0.2, 0) is 26.1 Å². The van der Waals surface area contributed by atoms with Gasteiger partial charge in [-0.3, -0.25) is 4.79 Å². The Morgan fingerprint density at radius 3 is 2.78 bits per heavy atom. The molecule has 0 heterocycles. The van der Waals surface area contributed by atoms with Gasteiger partial charge in [-0.1, -0.05) is 12.1 Å². The van der Waals surface area contributed by atoms with Gasteiger partial charge in [0.05, 0.1) is 4.90 Å². The van der Waals surface area contributed by atoms with Crippen molar-refractivity contribution in [3.05, 3.63) is 29.8 Å². The van der Waals surface area contributed by atoms with E-state index in [9.17, 15) is 13.2 Å². The summed E-state index contributed by atoms with van der Waals surface area (Å²) in [6.07, 6.45) is 0. The molecule has 6 nitrogen and oxygen atoms in total. The minimum atomic E-state index is -3.67. The van der Waals surface area contributed by atoms with Crippen LogP contribution in [-0.4, -0.2) is 27.5 Å². The van der Waals surface area contributed by atoms with Crippen LogP contribution in [0, 0.1) is 0 Å². The number of esters is 1. The number of sulfonamides is 1. The summed E-state index contributed by atoms with van der Waals surface area (Å²) in [4.78, 5) is 10.6. The number of benzene rings is 1. The highest BCUT2D eigenvalue weighted by molar-refractivity contribution is 7.89. The second-order valence-corrected chi connectivity index (χ2v) is 5.27. The molecule has 0 atom stereocenters. The van der Waals surface area contributed by atoms with Gasteiger partial charge in [0.1, 0.15) is 6.61 Å². The molecule has 0 bridgehead atoms. The molecule has 18 heavy (non-hydrogen) atoms. The largest absolute Gasteiger partial charge is 0.465 e. The van der Waals surface area contributed by atoms with Gasteiger partial charge in [-0.15, -0.1) is 0 Å². The molecule has 0 aliphatic heterocycles. The first-order valence-corrected chi connectivity index (χ1v) is 6.90. The van der Waals surface area contributed by atoms with Crippen molar-refractivity contribution in [3.63, 3.8) is 0 Å². The molecule has 0 saturated heterocycles. The molecule has 0 radical (unpaired) electrons. The van der Waals surface area contributed by atoms with Crippen molar-refractivity contribution in [1.82, 2.24) is 5.32 Å². The van der Waals surface area contributed by atoms with E-state index in [1.165, 1.54) is 19.1 Å². The van der Waals surface area contributed by atoms with Crippen LogP contribution in [0.4, 0.5) is 0 Å². The van der Waals surface area contributed by atoms with Crippen LogP contribution in [0.5, 0.6) is 0 Å². The van der Waals surface area contributed by atoms with E-state index in [0.717, 1.165) is 5.56 Å². The van der Waals surface area contributed by atoms with Crippen molar-refractivity contribution in [2.75, 3.05) is 13.2 Å². The van der Waals surface area contributed by atoms with E-state index in [1.54, 1.807) is 12.1 Å². The van der Waals surface area contributed by atoms with Gasteiger partial charge in [0.25, 0.3) is 0 Å². The highest BCUT2D eigenvalue weighted by Gasteiger charge is 2.07. The zero-order valence-electron chi connectivity index (χ0n) is 10.0. The predicted molar refractivity (Wildman–Crippen MR) is 66.2 cm³/mol. The molecule has 0 saturated carbocycles. The normalized spacial score (nSPS) is 11.2. The molecule has 0 aliphatic rings. The summed E-state index contributed by atoms with van der Waals surface area (Å²) >= 11 is 0. The molecule has 1 rings (SSSR count). The Morgan fingerprint density at radius 1 is 1.44 bits per heavy atom. The first-order valence-electron chi connectivity index (χ1n) is 5.35. The Hall–Kier alpha value is -1.44. The lowest BCUT2D eigenvalue weighted by atomic mass is 10.2. The highest BCUT2D eigenvalue weighted by Crippen LogP contribution is 2.09. The number of carbonyl (C=O) groups is 1. The Kier molecular flexibility index (Phi) is 5.26. The summed E-state index contributed by atoms with van der Waals surface area (Å²) in [5, 5.41) is 8.05. The minimum absolute atomic E-state index is 0.0850. The summed E-state index contributed by atoms with van der Waals surface area (Å²) in [5.74, 6) is -0.326. The number of hydrogen-bond acceptors (Lipinski definition) is 5. The van der Waals surface area contributed by atoms with Crippen molar-refractivity contribution in [2.45, 2.75) is 18.4 Å². The van der Waals surface area contributed by atoms with Crippen LogP contribution in [0.25, 0.3) is 0 Å². The molecule has 7 heteroatoms. The third kappa shape index (κ3) is 5.26. The molecule has 0 fully saturated rings. The van der Waals surface area contributed by atoms with E-state index in [1.807, 2.05) is 0 Å². The maximum Gasteiger partial charge on any atom is 0.302 e. The van der Waals surface area contributed by atoms with Crippen molar-refractivity contribution >= 4 is 16.0 Å². The fourth-order valence-corrected chi connectivity index (χ4v) is 1.92. The van der Waals surface area contributed by atoms with Gasteiger partial charge in [0.15, 0.2) is 0 Å². The quantitative estimate of drug-likeness (QED) is 0.560. The summed E-state index contributed by atoms with van der Waals surface area (Å²) in [6, 6.07) is 6.36. The molecule has 3 N–H and O–H groups in total. The molecule has 0 spiro atoms. The maximum atomic E-state index is 11.1. The minimum Gasteiger partial charge on any atom is -0.465 e.